The van der Waals surface area contributed by atoms with Crippen molar-refractivity contribution in [2.75, 3.05) is 11.9 Å². The number of hydrogen-bond donors (Lipinski definition) is 3. The van der Waals surface area contributed by atoms with E-state index in [4.69, 9.17) is 11.6 Å². The third-order valence-corrected chi connectivity index (χ3v) is 6.91. The summed E-state index contributed by atoms with van der Waals surface area (Å²) in [5.74, 6) is 0.376. The maximum absolute atomic E-state index is 13.4. The van der Waals surface area contributed by atoms with Crippen molar-refractivity contribution >= 4 is 35.2 Å². The molecule has 2 unspecified atom stereocenters. The number of carbonyl (C=O) groups is 2. The molecule has 11 nitrogen and oxygen atoms in total. The van der Waals surface area contributed by atoms with Crippen LogP contribution in [0.2, 0.25) is 5.02 Å². The molecule has 0 saturated heterocycles. The van der Waals surface area contributed by atoms with E-state index in [1.807, 2.05) is 31.2 Å². The van der Waals surface area contributed by atoms with E-state index in [2.05, 4.69) is 30.7 Å². The number of aliphatic hydroxyl groups excluding tert-OH is 1. The lowest BCUT2D eigenvalue weighted by Crippen LogP contribution is -2.46. The minimum Gasteiger partial charge on any atom is -0.394 e. The molecule has 3 aromatic heterocycles. The van der Waals surface area contributed by atoms with Crippen LogP contribution in [0.1, 0.15) is 40.3 Å². The Morgan fingerprint density at radius 3 is 2.74 bits per heavy atom. The first-order valence-electron chi connectivity index (χ1n) is 12.3. The van der Waals surface area contributed by atoms with Crippen molar-refractivity contribution in [1.82, 2.24) is 34.9 Å². The number of pyridine rings is 1. The van der Waals surface area contributed by atoms with Gasteiger partial charge in [0, 0.05) is 36.5 Å². The summed E-state index contributed by atoms with van der Waals surface area (Å²) >= 11 is 6.43. The van der Waals surface area contributed by atoms with Crippen LogP contribution in [-0.4, -0.2) is 59.2 Å². The van der Waals surface area contributed by atoms with Crippen LogP contribution in [0.3, 0.4) is 0 Å². The molecule has 2 amide bonds. The Hall–Kier alpha value is -4.35. The molecule has 0 fully saturated rings. The fourth-order valence-electron chi connectivity index (χ4n) is 4.43. The van der Waals surface area contributed by atoms with Gasteiger partial charge in [-0.05, 0) is 37.6 Å². The van der Waals surface area contributed by atoms with Crippen molar-refractivity contribution in [3.05, 3.63) is 82.4 Å². The Morgan fingerprint density at radius 2 is 2.03 bits per heavy atom. The summed E-state index contributed by atoms with van der Waals surface area (Å²) in [6.45, 7) is 3.46. The highest BCUT2D eigenvalue weighted by Crippen LogP contribution is 2.32. The Labute approximate surface area is 229 Å². The van der Waals surface area contributed by atoms with Crippen molar-refractivity contribution in [2.24, 2.45) is 7.05 Å². The zero-order valence-corrected chi connectivity index (χ0v) is 22.3. The molecule has 39 heavy (non-hydrogen) atoms. The van der Waals surface area contributed by atoms with E-state index in [-0.39, 0.29) is 25.0 Å². The molecule has 0 radical (unpaired) electrons. The molecule has 200 valence electrons. The molecule has 1 aromatic carbocycles. The molecule has 12 heteroatoms. The fraction of sp³-hybridized carbons (Fsp3) is 0.259. The topological polar surface area (TPSA) is 138 Å². The Bertz CT molecular complexity index is 1560. The normalized spacial score (nSPS) is 14.2. The number of benzene rings is 1. The van der Waals surface area contributed by atoms with Crippen LogP contribution in [0.25, 0.3) is 11.3 Å². The number of anilines is 2. The first kappa shape index (κ1) is 26.3. The fourth-order valence-corrected chi connectivity index (χ4v) is 4.63. The molecule has 5 rings (SSSR count). The predicted molar refractivity (Wildman–Crippen MR) is 145 cm³/mol. The lowest BCUT2D eigenvalue weighted by Gasteiger charge is -2.25. The van der Waals surface area contributed by atoms with Crippen LogP contribution in [0, 0.1) is 6.92 Å². The molecule has 4 heterocycles. The number of aromatic nitrogens is 5. The molecule has 0 bridgehead atoms. The number of rotatable bonds is 8. The third-order valence-electron chi connectivity index (χ3n) is 6.63. The number of hydrogen-bond acceptors (Lipinski definition) is 8. The zero-order chi connectivity index (χ0) is 27.7. The van der Waals surface area contributed by atoms with Gasteiger partial charge in [-0.2, -0.15) is 5.10 Å². The second-order valence-corrected chi connectivity index (χ2v) is 9.69. The van der Waals surface area contributed by atoms with Crippen LogP contribution in [-0.2, 0) is 18.4 Å². The lowest BCUT2D eigenvalue weighted by atomic mass is 10.0. The van der Waals surface area contributed by atoms with E-state index >= 15 is 0 Å². The van der Waals surface area contributed by atoms with Crippen molar-refractivity contribution < 1.29 is 14.7 Å². The van der Waals surface area contributed by atoms with E-state index in [0.29, 0.717) is 39.3 Å². The van der Waals surface area contributed by atoms with Gasteiger partial charge in [-0.3, -0.25) is 19.3 Å². The highest BCUT2D eigenvalue weighted by molar-refractivity contribution is 6.33. The summed E-state index contributed by atoms with van der Waals surface area (Å²) in [6, 6.07) is 11.1. The Morgan fingerprint density at radius 1 is 1.21 bits per heavy atom. The molecular weight excluding hydrogens is 520 g/mol. The summed E-state index contributed by atoms with van der Waals surface area (Å²) < 4.78 is 1.65. The number of fused-ring (bicyclic) bond motifs is 1. The second-order valence-electron chi connectivity index (χ2n) is 9.28. The molecule has 1 aliphatic rings. The Kier molecular flexibility index (Phi) is 7.27. The number of nitrogens with zero attached hydrogens (tertiary/aromatic N) is 6. The quantitative estimate of drug-likeness (QED) is 0.306. The number of nitrogens with one attached hydrogen (secondary N) is 2. The van der Waals surface area contributed by atoms with Gasteiger partial charge in [0.2, 0.25) is 11.9 Å². The van der Waals surface area contributed by atoms with Crippen molar-refractivity contribution in [3.63, 3.8) is 0 Å². The van der Waals surface area contributed by atoms with Crippen molar-refractivity contribution in [2.45, 2.75) is 32.5 Å². The van der Waals surface area contributed by atoms with Crippen LogP contribution >= 0.6 is 11.6 Å². The van der Waals surface area contributed by atoms with Gasteiger partial charge in [0.1, 0.15) is 11.9 Å². The lowest BCUT2D eigenvalue weighted by molar-refractivity contribution is -0.126. The highest BCUT2D eigenvalue weighted by atomic mass is 35.5. The summed E-state index contributed by atoms with van der Waals surface area (Å²) in [5, 5.41) is 20.2. The minimum atomic E-state index is -0.774. The first-order valence-corrected chi connectivity index (χ1v) is 12.7. The SMILES string of the molecule is Cc1cccc(C(CO)NC(=O)C(C)N2Cc3ccc(-c4nc(Nc5ccnn5C)ncc4Cl)cc3C2=O)n1. The number of carbonyl (C=O) groups excluding carboxylic acids is 2. The molecule has 0 spiro atoms. The number of aliphatic hydroxyl groups is 1. The average Bonchev–Trinajstić information content (AvgIpc) is 3.49. The molecule has 3 N–H and O–H groups in total. The van der Waals surface area contributed by atoms with Gasteiger partial charge in [-0.25, -0.2) is 9.97 Å². The predicted octanol–water partition coefficient (Wildman–Crippen LogP) is 3.17. The maximum atomic E-state index is 13.4. The largest absolute Gasteiger partial charge is 0.394 e. The van der Waals surface area contributed by atoms with Gasteiger partial charge >= 0.3 is 0 Å². The third kappa shape index (κ3) is 5.31. The zero-order valence-electron chi connectivity index (χ0n) is 21.6. The van der Waals surface area contributed by atoms with Gasteiger partial charge in [0.25, 0.3) is 5.91 Å². The number of amides is 2. The van der Waals surface area contributed by atoms with Gasteiger partial charge < -0.3 is 20.6 Å². The van der Waals surface area contributed by atoms with Crippen molar-refractivity contribution in [1.29, 1.82) is 0 Å². The average molecular weight is 547 g/mol. The smallest absolute Gasteiger partial charge is 0.255 e. The van der Waals surface area contributed by atoms with Gasteiger partial charge in [0.05, 0.1) is 41.5 Å². The summed E-state index contributed by atoms with van der Waals surface area (Å²) in [4.78, 5) is 41.2. The molecule has 1 aliphatic heterocycles. The maximum Gasteiger partial charge on any atom is 0.255 e. The minimum absolute atomic E-state index is 0.276. The first-order chi connectivity index (χ1) is 18.7. The summed E-state index contributed by atoms with van der Waals surface area (Å²) in [6.07, 6.45) is 3.15. The molecule has 0 aliphatic carbocycles. The van der Waals surface area contributed by atoms with E-state index in [9.17, 15) is 14.7 Å². The monoisotopic (exact) mass is 546 g/mol. The number of aryl methyl sites for hydroxylation is 2. The molecular formula is C27H27ClN8O3. The Balaban J connectivity index is 1.34. The summed E-state index contributed by atoms with van der Waals surface area (Å²) in [7, 11) is 1.79. The van der Waals surface area contributed by atoms with E-state index in [0.717, 1.165) is 11.3 Å². The van der Waals surface area contributed by atoms with E-state index in [1.54, 1.807) is 43.0 Å². The van der Waals surface area contributed by atoms with Gasteiger partial charge in [0.15, 0.2) is 0 Å². The van der Waals surface area contributed by atoms with Crippen molar-refractivity contribution in [3.8, 4) is 11.3 Å². The van der Waals surface area contributed by atoms with Crippen LogP contribution in [0.5, 0.6) is 0 Å². The summed E-state index contributed by atoms with van der Waals surface area (Å²) in [5.41, 5.74) is 3.71. The van der Waals surface area contributed by atoms with Gasteiger partial charge in [-0.15, -0.1) is 0 Å². The highest BCUT2D eigenvalue weighted by Gasteiger charge is 2.35. The van der Waals surface area contributed by atoms with Crippen LogP contribution < -0.4 is 10.6 Å². The van der Waals surface area contributed by atoms with Crippen LogP contribution in [0.4, 0.5) is 11.8 Å². The molecule has 2 atom stereocenters. The second kappa shape index (κ2) is 10.8. The van der Waals surface area contributed by atoms with Gasteiger partial charge in [-0.1, -0.05) is 29.8 Å². The molecule has 4 aromatic rings. The van der Waals surface area contributed by atoms with E-state index in [1.165, 1.54) is 11.1 Å². The number of halogens is 1. The standard InChI is InChI=1S/C27H27ClN8O3/c1-15-5-4-6-21(31-15)22(14-37)32-25(38)16(2)36-13-18-8-7-17(11-19(18)26(36)39)24-20(28)12-29-27(34-24)33-23-9-10-30-35(23)3/h4-12,16,22,37H,13-14H2,1-3H3,(H,32,38)(H,29,33,34). The molecule has 0 saturated carbocycles. The van der Waals surface area contributed by atoms with E-state index < -0.39 is 12.1 Å². The van der Waals surface area contributed by atoms with Crippen LogP contribution in [0.15, 0.2) is 54.9 Å².